The predicted molar refractivity (Wildman–Crippen MR) is 57.1 cm³/mol. The highest BCUT2D eigenvalue weighted by atomic mass is 79.9. The molecule has 0 aromatic carbocycles. The second kappa shape index (κ2) is 4.14. The fraction of sp³-hybridized carbons (Fsp3) is 0.556. The molecule has 0 N–H and O–H groups in total. The molecule has 0 radical (unpaired) electrons. The molecule has 2 nitrogen and oxygen atoms in total. The quantitative estimate of drug-likeness (QED) is 0.588. The minimum Gasteiger partial charge on any atom is -0.207 e. The van der Waals surface area contributed by atoms with Gasteiger partial charge in [0, 0.05) is 18.8 Å². The first-order valence-electron chi connectivity index (χ1n) is 4.37. The average Bonchev–Trinajstić information content (AvgIpc) is 2.59. The molecule has 80 valence electrons. The fourth-order valence-corrected chi connectivity index (χ4v) is 2.29. The van der Waals surface area contributed by atoms with Crippen LogP contribution in [0.5, 0.6) is 0 Å². The first kappa shape index (κ1) is 11.0. The number of rotatable bonds is 1. The Morgan fingerprint density at radius 3 is 2.73 bits per heavy atom. The normalized spacial score (nSPS) is 19.1. The van der Waals surface area contributed by atoms with Gasteiger partial charge in [0.15, 0.2) is 5.01 Å². The number of halogens is 3. The van der Waals surface area contributed by atoms with Crippen LogP contribution in [-0.4, -0.2) is 16.1 Å². The summed E-state index contributed by atoms with van der Waals surface area (Å²) in [4.78, 5) is 0. The Balaban J connectivity index is 1.95. The summed E-state index contributed by atoms with van der Waals surface area (Å²) < 4.78 is 24.9. The van der Waals surface area contributed by atoms with Gasteiger partial charge in [-0.05, 0) is 5.92 Å². The lowest BCUT2D eigenvalue weighted by Gasteiger charge is -2.30. The van der Waals surface area contributed by atoms with E-state index in [0.29, 0.717) is 10.3 Å². The van der Waals surface area contributed by atoms with E-state index < -0.39 is 5.92 Å². The van der Waals surface area contributed by atoms with Crippen LogP contribution in [0.1, 0.15) is 22.9 Å². The summed E-state index contributed by atoms with van der Waals surface area (Å²) in [6.45, 7) is 0. The second-order valence-corrected chi connectivity index (χ2v) is 4.99. The molecule has 1 aliphatic carbocycles. The Morgan fingerprint density at radius 1 is 1.47 bits per heavy atom. The lowest BCUT2D eigenvalue weighted by atomic mass is 9.82. The zero-order valence-electron chi connectivity index (χ0n) is 7.64. The van der Waals surface area contributed by atoms with Gasteiger partial charge in [0.1, 0.15) is 5.01 Å². The first-order valence-corrected chi connectivity index (χ1v) is 6.30. The number of nitrogens with zero attached hydrogens (tertiary/aromatic N) is 2. The van der Waals surface area contributed by atoms with Crippen LogP contribution in [0.15, 0.2) is 0 Å². The molecule has 15 heavy (non-hydrogen) atoms. The van der Waals surface area contributed by atoms with Gasteiger partial charge in [-0.2, -0.15) is 0 Å². The Bertz CT molecular complexity index is 413. The van der Waals surface area contributed by atoms with Crippen molar-refractivity contribution in [2.45, 2.75) is 24.1 Å². The molecule has 0 saturated heterocycles. The van der Waals surface area contributed by atoms with Gasteiger partial charge in [-0.15, -0.1) is 10.2 Å². The standard InChI is InChI=1S/C9H7BrF2N2S/c10-5-8-14-13-7(15-8)2-1-6-3-9(11,12)4-6/h6H,3-5H2. The van der Waals surface area contributed by atoms with Crippen molar-refractivity contribution in [3.05, 3.63) is 10.0 Å². The highest BCUT2D eigenvalue weighted by molar-refractivity contribution is 9.08. The zero-order chi connectivity index (χ0) is 10.9. The summed E-state index contributed by atoms with van der Waals surface area (Å²) in [7, 11) is 0. The van der Waals surface area contributed by atoms with Crippen molar-refractivity contribution in [2.24, 2.45) is 5.92 Å². The van der Waals surface area contributed by atoms with Crippen molar-refractivity contribution in [1.82, 2.24) is 10.2 Å². The third-order valence-electron chi connectivity index (χ3n) is 2.05. The van der Waals surface area contributed by atoms with Crippen LogP contribution in [-0.2, 0) is 5.33 Å². The second-order valence-electron chi connectivity index (χ2n) is 3.37. The van der Waals surface area contributed by atoms with Gasteiger partial charge < -0.3 is 0 Å². The topological polar surface area (TPSA) is 25.8 Å². The third kappa shape index (κ3) is 2.73. The van der Waals surface area contributed by atoms with Crippen LogP contribution in [0.4, 0.5) is 8.78 Å². The third-order valence-corrected chi connectivity index (χ3v) is 3.80. The Kier molecular flexibility index (Phi) is 3.03. The van der Waals surface area contributed by atoms with Crippen molar-refractivity contribution in [3.8, 4) is 11.8 Å². The molecule has 1 aromatic rings. The largest absolute Gasteiger partial charge is 0.250 e. The van der Waals surface area contributed by atoms with Gasteiger partial charge in [0.2, 0.25) is 0 Å². The van der Waals surface area contributed by atoms with E-state index in [9.17, 15) is 8.78 Å². The number of hydrogen-bond acceptors (Lipinski definition) is 3. The van der Waals surface area contributed by atoms with Crippen LogP contribution in [0.3, 0.4) is 0 Å². The van der Waals surface area contributed by atoms with Gasteiger partial charge in [-0.1, -0.05) is 33.2 Å². The van der Waals surface area contributed by atoms with Gasteiger partial charge >= 0.3 is 0 Å². The highest BCUT2D eigenvalue weighted by Crippen LogP contribution is 2.41. The van der Waals surface area contributed by atoms with Gasteiger partial charge in [-0.3, -0.25) is 0 Å². The van der Waals surface area contributed by atoms with E-state index in [1.807, 2.05) is 0 Å². The molecule has 0 bridgehead atoms. The summed E-state index contributed by atoms with van der Waals surface area (Å²) in [5, 5.41) is 9.78. The lowest BCUT2D eigenvalue weighted by Crippen LogP contribution is -2.34. The van der Waals surface area contributed by atoms with Gasteiger partial charge in [-0.25, -0.2) is 8.78 Å². The first-order chi connectivity index (χ1) is 7.09. The maximum atomic E-state index is 12.5. The van der Waals surface area contributed by atoms with E-state index in [-0.39, 0.29) is 18.8 Å². The molecule has 1 fully saturated rings. The number of alkyl halides is 3. The zero-order valence-corrected chi connectivity index (χ0v) is 10.0. The highest BCUT2D eigenvalue weighted by Gasteiger charge is 2.44. The molecular formula is C9H7BrF2N2S. The van der Waals surface area contributed by atoms with Crippen molar-refractivity contribution >= 4 is 27.3 Å². The minimum atomic E-state index is -2.50. The van der Waals surface area contributed by atoms with Crippen LogP contribution >= 0.6 is 27.3 Å². The summed E-state index contributed by atoms with van der Waals surface area (Å²) in [5.74, 6) is 2.89. The molecule has 1 saturated carbocycles. The minimum absolute atomic E-state index is 0.121. The molecular weight excluding hydrogens is 286 g/mol. The summed E-state index contributed by atoms with van der Waals surface area (Å²) in [5.41, 5.74) is 0. The van der Waals surface area contributed by atoms with E-state index >= 15 is 0 Å². The lowest BCUT2D eigenvalue weighted by molar-refractivity contribution is -0.0936. The van der Waals surface area contributed by atoms with Crippen LogP contribution in [0.2, 0.25) is 0 Å². The maximum absolute atomic E-state index is 12.5. The molecule has 6 heteroatoms. The van der Waals surface area contributed by atoms with E-state index in [4.69, 9.17) is 0 Å². The SMILES string of the molecule is FC1(F)CC(C#Cc2nnc(CBr)s2)C1. The number of aromatic nitrogens is 2. The van der Waals surface area contributed by atoms with E-state index in [2.05, 4.69) is 38.0 Å². The molecule has 1 heterocycles. The van der Waals surface area contributed by atoms with Crippen molar-refractivity contribution in [2.75, 3.05) is 0 Å². The van der Waals surface area contributed by atoms with Crippen LogP contribution in [0.25, 0.3) is 0 Å². The Hall–Kier alpha value is -0.540. The predicted octanol–water partition coefficient (Wildman–Crippen LogP) is 2.83. The van der Waals surface area contributed by atoms with Gasteiger partial charge in [0.05, 0.1) is 5.33 Å². The van der Waals surface area contributed by atoms with E-state index in [0.717, 1.165) is 5.01 Å². The molecule has 1 aromatic heterocycles. The van der Waals surface area contributed by atoms with E-state index in [1.165, 1.54) is 11.3 Å². The van der Waals surface area contributed by atoms with Gasteiger partial charge in [0.25, 0.3) is 5.92 Å². The number of hydrogen-bond donors (Lipinski definition) is 0. The summed E-state index contributed by atoms with van der Waals surface area (Å²) in [6.07, 6.45) is -0.242. The Morgan fingerprint density at radius 2 is 2.20 bits per heavy atom. The van der Waals surface area contributed by atoms with Crippen LogP contribution < -0.4 is 0 Å². The summed E-state index contributed by atoms with van der Waals surface area (Å²) >= 11 is 4.63. The molecule has 1 aliphatic rings. The molecule has 0 spiro atoms. The molecule has 0 atom stereocenters. The Labute approximate surface area is 98.2 Å². The van der Waals surface area contributed by atoms with Crippen molar-refractivity contribution < 1.29 is 8.78 Å². The van der Waals surface area contributed by atoms with Crippen LogP contribution in [0, 0.1) is 17.8 Å². The molecule has 0 amide bonds. The molecule has 0 aliphatic heterocycles. The van der Waals surface area contributed by atoms with Crippen molar-refractivity contribution in [1.29, 1.82) is 0 Å². The van der Waals surface area contributed by atoms with E-state index in [1.54, 1.807) is 0 Å². The smallest absolute Gasteiger partial charge is 0.207 e. The van der Waals surface area contributed by atoms with Crippen molar-refractivity contribution in [3.63, 3.8) is 0 Å². The average molecular weight is 293 g/mol. The fourth-order valence-electron chi connectivity index (χ4n) is 1.29. The monoisotopic (exact) mass is 292 g/mol. The maximum Gasteiger partial charge on any atom is 0.250 e. The molecule has 2 rings (SSSR count). The summed E-state index contributed by atoms with van der Waals surface area (Å²) in [6, 6.07) is 0. The molecule has 0 unspecified atom stereocenters.